The Labute approximate surface area is 121 Å². The second-order valence-corrected chi connectivity index (χ2v) is 5.08. The van der Waals surface area contributed by atoms with Gasteiger partial charge in [0.15, 0.2) is 5.96 Å². The summed E-state index contributed by atoms with van der Waals surface area (Å²) in [5.41, 5.74) is 5.69. The molecular formula is C14H28N4O2. The van der Waals surface area contributed by atoms with Gasteiger partial charge in [0.05, 0.1) is 0 Å². The second-order valence-electron chi connectivity index (χ2n) is 5.08. The maximum Gasteiger partial charge on any atom is 0.242 e. The lowest BCUT2D eigenvalue weighted by atomic mass is 9.95. The number of carbonyl (C=O) groups excluding carboxylic acids is 1. The monoisotopic (exact) mass is 284 g/mol. The van der Waals surface area contributed by atoms with Gasteiger partial charge in [0.2, 0.25) is 5.91 Å². The fraction of sp³-hybridized carbons (Fsp3) is 0.857. The Morgan fingerprint density at radius 3 is 2.80 bits per heavy atom. The molecule has 1 aliphatic rings. The minimum absolute atomic E-state index is 0.0454. The molecule has 6 nitrogen and oxygen atoms in total. The van der Waals surface area contributed by atoms with E-state index in [1.165, 1.54) is 19.3 Å². The van der Waals surface area contributed by atoms with Crippen LogP contribution < -0.4 is 16.4 Å². The highest BCUT2D eigenvalue weighted by atomic mass is 16.5. The van der Waals surface area contributed by atoms with Crippen LogP contribution in [0.2, 0.25) is 0 Å². The molecule has 1 saturated carbocycles. The average Bonchev–Trinajstić information content (AvgIpc) is 2.46. The van der Waals surface area contributed by atoms with Crippen LogP contribution in [-0.2, 0) is 9.53 Å². The summed E-state index contributed by atoms with van der Waals surface area (Å²) in [4.78, 5) is 15.7. The number of carbonyl (C=O) groups is 1. The van der Waals surface area contributed by atoms with Gasteiger partial charge in [-0.3, -0.25) is 4.79 Å². The summed E-state index contributed by atoms with van der Waals surface area (Å²) in [5.74, 6) is 0.274. The number of nitrogens with one attached hydrogen (secondary N) is 2. The van der Waals surface area contributed by atoms with Crippen LogP contribution in [0.3, 0.4) is 0 Å². The summed E-state index contributed by atoms with van der Waals surface area (Å²) in [7, 11) is 0. The van der Waals surface area contributed by atoms with Crippen LogP contribution in [0.5, 0.6) is 0 Å². The Hall–Kier alpha value is -1.30. The third kappa shape index (κ3) is 7.99. The molecule has 1 amide bonds. The van der Waals surface area contributed by atoms with E-state index in [1.807, 2.05) is 6.92 Å². The summed E-state index contributed by atoms with van der Waals surface area (Å²) < 4.78 is 5.21. The Morgan fingerprint density at radius 1 is 1.35 bits per heavy atom. The molecule has 20 heavy (non-hydrogen) atoms. The number of nitrogens with two attached hydrogens (primary N) is 1. The van der Waals surface area contributed by atoms with Gasteiger partial charge in [-0.1, -0.05) is 19.3 Å². The summed E-state index contributed by atoms with van der Waals surface area (Å²) >= 11 is 0. The van der Waals surface area contributed by atoms with E-state index in [4.69, 9.17) is 10.5 Å². The van der Waals surface area contributed by atoms with Crippen LogP contribution in [0.15, 0.2) is 4.99 Å². The Kier molecular flexibility index (Phi) is 8.78. The molecule has 0 aliphatic heterocycles. The third-order valence-corrected chi connectivity index (χ3v) is 3.34. The molecule has 0 spiro atoms. The van der Waals surface area contributed by atoms with Gasteiger partial charge in [0.25, 0.3) is 0 Å². The number of guanidine groups is 1. The first-order chi connectivity index (χ1) is 9.72. The highest BCUT2D eigenvalue weighted by Gasteiger charge is 2.15. The first-order valence-corrected chi connectivity index (χ1v) is 7.63. The Bertz CT molecular complexity index is 302. The molecule has 116 valence electrons. The lowest BCUT2D eigenvalue weighted by Gasteiger charge is -2.22. The first-order valence-electron chi connectivity index (χ1n) is 7.63. The van der Waals surface area contributed by atoms with Crippen LogP contribution in [0.25, 0.3) is 0 Å². The maximum atomic E-state index is 11.7. The fourth-order valence-corrected chi connectivity index (χ4v) is 2.27. The number of hydrogen-bond donors (Lipinski definition) is 3. The van der Waals surface area contributed by atoms with E-state index in [0.717, 1.165) is 25.9 Å². The van der Waals surface area contributed by atoms with Crippen molar-refractivity contribution in [2.24, 2.45) is 10.7 Å². The van der Waals surface area contributed by atoms with Crippen molar-refractivity contribution in [3.63, 3.8) is 0 Å². The zero-order valence-electron chi connectivity index (χ0n) is 12.5. The number of nitrogens with zero attached hydrogens (tertiary/aromatic N) is 1. The zero-order valence-corrected chi connectivity index (χ0v) is 12.5. The molecule has 6 heteroatoms. The van der Waals surface area contributed by atoms with Gasteiger partial charge in [-0.2, -0.15) is 0 Å². The smallest absolute Gasteiger partial charge is 0.242 e. The van der Waals surface area contributed by atoms with E-state index in [1.54, 1.807) is 0 Å². The number of ether oxygens (including phenoxy) is 1. The SMILES string of the molecule is CCOCCCNC(N)=NCC(=O)NC1CCCCC1. The standard InChI is InChI=1S/C14H28N4O2/c1-2-20-10-6-9-16-14(15)17-11-13(19)18-12-7-4-3-5-8-12/h12H,2-11H2,1H3,(H,18,19)(H3,15,16,17). The highest BCUT2D eigenvalue weighted by Crippen LogP contribution is 2.17. The zero-order chi connectivity index (χ0) is 14.6. The molecule has 0 radical (unpaired) electrons. The normalized spacial score (nSPS) is 16.9. The number of amides is 1. The van der Waals surface area contributed by atoms with Gasteiger partial charge in [0.1, 0.15) is 6.54 Å². The molecular weight excluding hydrogens is 256 g/mol. The van der Waals surface area contributed by atoms with Crippen LogP contribution >= 0.6 is 0 Å². The van der Waals surface area contributed by atoms with Crippen LogP contribution in [0.4, 0.5) is 0 Å². The highest BCUT2D eigenvalue weighted by molar-refractivity contribution is 5.84. The molecule has 1 fully saturated rings. The molecule has 0 saturated heterocycles. The summed E-state index contributed by atoms with van der Waals surface area (Å²) in [6.07, 6.45) is 6.73. The largest absolute Gasteiger partial charge is 0.382 e. The number of rotatable bonds is 8. The molecule has 0 heterocycles. The van der Waals surface area contributed by atoms with Crippen molar-refractivity contribution in [3.05, 3.63) is 0 Å². The van der Waals surface area contributed by atoms with E-state index < -0.39 is 0 Å². The minimum Gasteiger partial charge on any atom is -0.382 e. The third-order valence-electron chi connectivity index (χ3n) is 3.34. The molecule has 0 unspecified atom stereocenters. The quantitative estimate of drug-likeness (QED) is 0.349. The Balaban J connectivity index is 2.09. The van der Waals surface area contributed by atoms with Crippen molar-refractivity contribution in [1.82, 2.24) is 10.6 Å². The van der Waals surface area contributed by atoms with Gasteiger partial charge in [-0.15, -0.1) is 0 Å². The van der Waals surface area contributed by atoms with Crippen molar-refractivity contribution >= 4 is 11.9 Å². The van der Waals surface area contributed by atoms with Gasteiger partial charge in [-0.25, -0.2) is 4.99 Å². The predicted molar refractivity (Wildman–Crippen MR) is 80.6 cm³/mol. The summed E-state index contributed by atoms with van der Waals surface area (Å²) in [6, 6.07) is 0.326. The lowest BCUT2D eigenvalue weighted by Crippen LogP contribution is -2.39. The van der Waals surface area contributed by atoms with Gasteiger partial charge in [-0.05, 0) is 26.2 Å². The summed E-state index contributed by atoms with van der Waals surface area (Å²) in [6.45, 7) is 4.21. The molecule has 0 bridgehead atoms. The van der Waals surface area contributed by atoms with Crippen LogP contribution in [0, 0.1) is 0 Å². The second kappa shape index (κ2) is 10.5. The fourth-order valence-electron chi connectivity index (χ4n) is 2.27. The average molecular weight is 284 g/mol. The lowest BCUT2D eigenvalue weighted by molar-refractivity contribution is -0.120. The van der Waals surface area contributed by atoms with Crippen LogP contribution in [0.1, 0.15) is 45.4 Å². The number of hydrogen-bond acceptors (Lipinski definition) is 3. The molecule has 1 aliphatic carbocycles. The van der Waals surface area contributed by atoms with E-state index in [0.29, 0.717) is 25.2 Å². The summed E-state index contributed by atoms with van der Waals surface area (Å²) in [5, 5.41) is 5.98. The maximum absolute atomic E-state index is 11.7. The van der Waals surface area contributed by atoms with Crippen molar-refractivity contribution in [1.29, 1.82) is 0 Å². The van der Waals surface area contributed by atoms with Crippen molar-refractivity contribution in [2.45, 2.75) is 51.5 Å². The minimum atomic E-state index is -0.0454. The van der Waals surface area contributed by atoms with Crippen molar-refractivity contribution in [2.75, 3.05) is 26.3 Å². The van der Waals surface area contributed by atoms with E-state index >= 15 is 0 Å². The molecule has 0 atom stereocenters. The molecule has 0 aromatic heterocycles. The topological polar surface area (TPSA) is 88.7 Å². The number of aliphatic imine (C=N–C) groups is 1. The van der Waals surface area contributed by atoms with E-state index in [9.17, 15) is 4.79 Å². The van der Waals surface area contributed by atoms with Crippen molar-refractivity contribution in [3.8, 4) is 0 Å². The van der Waals surface area contributed by atoms with Gasteiger partial charge in [0, 0.05) is 25.8 Å². The van der Waals surface area contributed by atoms with E-state index in [2.05, 4.69) is 15.6 Å². The van der Waals surface area contributed by atoms with E-state index in [-0.39, 0.29) is 12.5 Å². The van der Waals surface area contributed by atoms with Crippen LogP contribution in [-0.4, -0.2) is 44.2 Å². The molecule has 1 rings (SSSR count). The molecule has 0 aromatic carbocycles. The van der Waals surface area contributed by atoms with Gasteiger partial charge >= 0.3 is 0 Å². The van der Waals surface area contributed by atoms with Crippen molar-refractivity contribution < 1.29 is 9.53 Å². The van der Waals surface area contributed by atoms with Gasteiger partial charge < -0.3 is 21.1 Å². The Morgan fingerprint density at radius 2 is 2.10 bits per heavy atom. The molecule has 4 N–H and O–H groups in total. The first kappa shape index (κ1) is 16.8. The predicted octanol–water partition coefficient (Wildman–Crippen LogP) is 0.766. The molecule has 0 aromatic rings.